The largest absolute Gasteiger partial charge is 0.379 e. The van der Waals surface area contributed by atoms with E-state index in [4.69, 9.17) is 19.9 Å². The minimum atomic E-state index is -0.274. The zero-order valence-electron chi connectivity index (χ0n) is 18.3. The number of benzene rings is 1. The molecule has 0 saturated carbocycles. The zero-order chi connectivity index (χ0) is 22.7. The van der Waals surface area contributed by atoms with E-state index in [2.05, 4.69) is 10.6 Å². The van der Waals surface area contributed by atoms with E-state index in [1.807, 2.05) is 0 Å². The monoisotopic (exact) mass is 437 g/mol. The minimum Gasteiger partial charge on any atom is -0.379 e. The molecule has 0 heterocycles. The van der Waals surface area contributed by atoms with Crippen molar-refractivity contribution in [2.45, 2.75) is 32.6 Å². The summed E-state index contributed by atoms with van der Waals surface area (Å²) in [4.78, 5) is 35.2. The van der Waals surface area contributed by atoms with Gasteiger partial charge in [0.2, 0.25) is 11.8 Å². The number of ether oxygens (including phenoxy) is 3. The predicted octanol–water partition coefficient (Wildman–Crippen LogP) is 1.51. The molecule has 9 heteroatoms. The Balaban J connectivity index is 1.97. The Labute approximate surface area is 184 Å². The van der Waals surface area contributed by atoms with Crippen LogP contribution < -0.4 is 16.4 Å². The van der Waals surface area contributed by atoms with Crippen LogP contribution in [0.5, 0.6) is 0 Å². The van der Waals surface area contributed by atoms with Gasteiger partial charge in [-0.3, -0.25) is 14.4 Å². The molecule has 0 saturated heterocycles. The summed E-state index contributed by atoms with van der Waals surface area (Å²) >= 11 is 0. The molecule has 0 unspecified atom stereocenters. The van der Waals surface area contributed by atoms with Crippen molar-refractivity contribution < 1.29 is 28.6 Å². The molecule has 0 aliphatic heterocycles. The molecule has 0 aliphatic carbocycles. The second kappa shape index (κ2) is 17.4. The van der Waals surface area contributed by atoms with Gasteiger partial charge in [-0.2, -0.15) is 0 Å². The van der Waals surface area contributed by atoms with Gasteiger partial charge in [-0.05, 0) is 38.4 Å². The highest BCUT2D eigenvalue weighted by Gasteiger charge is 2.08. The van der Waals surface area contributed by atoms with Crippen LogP contribution in [0, 0.1) is 0 Å². The van der Waals surface area contributed by atoms with Gasteiger partial charge in [0.05, 0.1) is 26.4 Å². The zero-order valence-corrected chi connectivity index (χ0v) is 18.3. The van der Waals surface area contributed by atoms with E-state index >= 15 is 0 Å². The third kappa shape index (κ3) is 14.3. The SMILES string of the molecule is CC(=O)c1cccc(NC(=O)CCC(=O)NCCCOCCOCCOCCCN)c1. The molecule has 174 valence electrons. The summed E-state index contributed by atoms with van der Waals surface area (Å²) in [6, 6.07) is 6.70. The number of hydrogen-bond donors (Lipinski definition) is 3. The number of rotatable bonds is 18. The molecule has 0 aromatic heterocycles. The maximum atomic E-state index is 12.0. The Kier molecular flexibility index (Phi) is 15.0. The smallest absolute Gasteiger partial charge is 0.224 e. The maximum absolute atomic E-state index is 12.0. The first-order valence-electron chi connectivity index (χ1n) is 10.6. The lowest BCUT2D eigenvalue weighted by molar-refractivity contribution is -0.124. The fourth-order valence-corrected chi connectivity index (χ4v) is 2.48. The molecular weight excluding hydrogens is 402 g/mol. The standard InChI is InChI=1S/C22H35N3O6/c1-18(26)19-5-2-6-20(17-19)25-22(28)8-7-21(27)24-10-4-12-30-14-16-31-15-13-29-11-3-9-23/h2,5-6,17H,3-4,7-16,23H2,1H3,(H,24,27)(H,25,28). The summed E-state index contributed by atoms with van der Waals surface area (Å²) in [7, 11) is 0. The highest BCUT2D eigenvalue weighted by atomic mass is 16.5. The summed E-state index contributed by atoms with van der Waals surface area (Å²) in [6.45, 7) is 5.81. The molecule has 1 aromatic rings. The van der Waals surface area contributed by atoms with Crippen LogP contribution in [0.1, 0.15) is 43.0 Å². The Bertz CT molecular complexity index is 668. The van der Waals surface area contributed by atoms with Crippen molar-refractivity contribution in [3.63, 3.8) is 0 Å². The van der Waals surface area contributed by atoms with Crippen LogP contribution in [0.3, 0.4) is 0 Å². The molecule has 0 bridgehead atoms. The minimum absolute atomic E-state index is 0.0694. The van der Waals surface area contributed by atoms with Gasteiger partial charge in [0.25, 0.3) is 0 Å². The van der Waals surface area contributed by atoms with Crippen LogP contribution in [-0.4, -0.2) is 70.3 Å². The van der Waals surface area contributed by atoms with Gasteiger partial charge >= 0.3 is 0 Å². The first-order chi connectivity index (χ1) is 15.0. The number of hydrogen-bond acceptors (Lipinski definition) is 7. The lowest BCUT2D eigenvalue weighted by Crippen LogP contribution is -2.26. The molecular formula is C22H35N3O6. The fourth-order valence-electron chi connectivity index (χ4n) is 2.48. The summed E-state index contributed by atoms with van der Waals surface area (Å²) < 4.78 is 16.1. The summed E-state index contributed by atoms with van der Waals surface area (Å²) in [5, 5.41) is 5.46. The molecule has 0 fully saturated rings. The number of carbonyl (C=O) groups is 3. The van der Waals surface area contributed by atoms with Gasteiger partial charge < -0.3 is 30.6 Å². The molecule has 1 rings (SSSR count). The van der Waals surface area contributed by atoms with Crippen LogP contribution >= 0.6 is 0 Å². The number of amides is 2. The van der Waals surface area contributed by atoms with Crippen LogP contribution in [0.15, 0.2) is 24.3 Å². The van der Waals surface area contributed by atoms with E-state index < -0.39 is 0 Å². The van der Waals surface area contributed by atoms with Gasteiger partial charge in [0.15, 0.2) is 5.78 Å². The maximum Gasteiger partial charge on any atom is 0.224 e. The summed E-state index contributed by atoms with van der Waals surface area (Å²) in [6.07, 6.45) is 1.70. The first-order valence-corrected chi connectivity index (χ1v) is 10.6. The second-order valence-corrected chi connectivity index (χ2v) is 6.87. The molecule has 0 spiro atoms. The van der Waals surface area contributed by atoms with E-state index in [1.54, 1.807) is 24.3 Å². The van der Waals surface area contributed by atoms with Gasteiger partial charge in [-0.15, -0.1) is 0 Å². The molecule has 4 N–H and O–H groups in total. The van der Waals surface area contributed by atoms with Crippen molar-refractivity contribution in [3.05, 3.63) is 29.8 Å². The average Bonchev–Trinajstić information content (AvgIpc) is 2.75. The molecule has 31 heavy (non-hydrogen) atoms. The van der Waals surface area contributed by atoms with Gasteiger partial charge in [0, 0.05) is 43.9 Å². The van der Waals surface area contributed by atoms with Crippen molar-refractivity contribution in [3.8, 4) is 0 Å². The highest BCUT2D eigenvalue weighted by molar-refractivity contribution is 5.97. The number of nitrogens with two attached hydrogens (primary N) is 1. The van der Waals surface area contributed by atoms with Gasteiger partial charge in [0.1, 0.15) is 0 Å². The van der Waals surface area contributed by atoms with Crippen LogP contribution in [0.4, 0.5) is 5.69 Å². The Hall–Kier alpha value is -2.33. The number of Topliss-reactive ketones (excluding diaryl/α,β-unsaturated/α-hetero) is 1. The lowest BCUT2D eigenvalue weighted by atomic mass is 10.1. The average molecular weight is 438 g/mol. The molecule has 2 amide bonds. The molecule has 0 atom stereocenters. The van der Waals surface area contributed by atoms with E-state index in [9.17, 15) is 14.4 Å². The van der Waals surface area contributed by atoms with Crippen LogP contribution in [-0.2, 0) is 23.8 Å². The van der Waals surface area contributed by atoms with E-state index in [0.29, 0.717) is 70.4 Å². The molecule has 0 aliphatic rings. The normalized spacial score (nSPS) is 10.6. The second-order valence-electron chi connectivity index (χ2n) is 6.87. The highest BCUT2D eigenvalue weighted by Crippen LogP contribution is 2.11. The van der Waals surface area contributed by atoms with Crippen LogP contribution in [0.25, 0.3) is 0 Å². The van der Waals surface area contributed by atoms with Gasteiger partial charge in [-0.25, -0.2) is 0 Å². The Morgan fingerprint density at radius 2 is 1.48 bits per heavy atom. The van der Waals surface area contributed by atoms with Crippen molar-refractivity contribution in [1.29, 1.82) is 0 Å². The van der Waals surface area contributed by atoms with E-state index in [1.165, 1.54) is 6.92 Å². The molecule has 1 aromatic carbocycles. The van der Waals surface area contributed by atoms with E-state index in [0.717, 1.165) is 6.42 Å². The number of ketones is 1. The quantitative estimate of drug-likeness (QED) is 0.234. The summed E-state index contributed by atoms with van der Waals surface area (Å²) in [5.41, 5.74) is 6.43. The van der Waals surface area contributed by atoms with Crippen molar-refractivity contribution in [2.24, 2.45) is 5.73 Å². The van der Waals surface area contributed by atoms with Crippen LogP contribution in [0.2, 0.25) is 0 Å². The van der Waals surface area contributed by atoms with E-state index in [-0.39, 0.29) is 30.4 Å². The lowest BCUT2D eigenvalue weighted by Gasteiger charge is -2.08. The summed E-state index contributed by atoms with van der Waals surface area (Å²) in [5.74, 6) is -0.537. The Morgan fingerprint density at radius 1 is 0.871 bits per heavy atom. The van der Waals surface area contributed by atoms with Crippen molar-refractivity contribution in [2.75, 3.05) is 58.0 Å². The van der Waals surface area contributed by atoms with Crippen molar-refractivity contribution >= 4 is 23.3 Å². The fraction of sp³-hybridized carbons (Fsp3) is 0.591. The third-order valence-electron chi connectivity index (χ3n) is 4.16. The predicted molar refractivity (Wildman–Crippen MR) is 118 cm³/mol. The topological polar surface area (TPSA) is 129 Å². The first kappa shape index (κ1) is 26.7. The number of nitrogens with one attached hydrogen (secondary N) is 2. The van der Waals surface area contributed by atoms with Gasteiger partial charge in [-0.1, -0.05) is 12.1 Å². The number of anilines is 1. The molecule has 9 nitrogen and oxygen atoms in total. The number of carbonyl (C=O) groups excluding carboxylic acids is 3. The molecule has 0 radical (unpaired) electrons. The Morgan fingerprint density at radius 3 is 2.13 bits per heavy atom. The third-order valence-corrected chi connectivity index (χ3v) is 4.16. The van der Waals surface area contributed by atoms with Crippen molar-refractivity contribution in [1.82, 2.24) is 5.32 Å².